The monoisotopic (exact) mass is 262 g/mol. The third kappa shape index (κ3) is 2.73. The summed E-state index contributed by atoms with van der Waals surface area (Å²) in [6, 6.07) is 0. The molecule has 2 aromatic heterocycles. The highest BCUT2D eigenvalue weighted by atomic mass is 32.1. The quantitative estimate of drug-likeness (QED) is 0.918. The third-order valence-corrected chi connectivity index (χ3v) is 3.80. The van der Waals surface area contributed by atoms with Crippen LogP contribution < -0.4 is 5.73 Å². The molecule has 4 nitrogen and oxygen atoms in total. The zero-order chi connectivity index (χ0) is 13.1. The number of nitrogens with zero attached hydrogens (tertiary/aromatic N) is 3. The summed E-state index contributed by atoms with van der Waals surface area (Å²) < 4.78 is 0. The van der Waals surface area contributed by atoms with Crippen LogP contribution in [0.4, 0.5) is 0 Å². The van der Waals surface area contributed by atoms with Crippen molar-refractivity contribution in [2.45, 2.75) is 27.2 Å². The van der Waals surface area contributed by atoms with Gasteiger partial charge in [-0.2, -0.15) is 0 Å². The van der Waals surface area contributed by atoms with Gasteiger partial charge in [-0.15, -0.1) is 11.3 Å². The molecule has 1 atom stereocenters. The lowest BCUT2D eigenvalue weighted by Crippen LogP contribution is -2.15. The molecule has 0 aliphatic rings. The summed E-state index contributed by atoms with van der Waals surface area (Å²) in [4.78, 5) is 14.2. The molecular formula is C13H18N4S. The minimum absolute atomic E-state index is 0.459. The van der Waals surface area contributed by atoms with Gasteiger partial charge in [0.2, 0.25) is 0 Å². The molecule has 18 heavy (non-hydrogen) atoms. The Morgan fingerprint density at radius 1 is 1.28 bits per heavy atom. The summed E-state index contributed by atoms with van der Waals surface area (Å²) in [7, 11) is 0. The lowest BCUT2D eigenvalue weighted by atomic mass is 9.99. The number of aromatic nitrogens is 3. The summed E-state index contributed by atoms with van der Waals surface area (Å²) in [5.41, 5.74) is 10.8. The fourth-order valence-electron chi connectivity index (χ4n) is 1.90. The van der Waals surface area contributed by atoms with Crippen LogP contribution in [0, 0.1) is 19.8 Å². The molecule has 2 aromatic rings. The predicted molar refractivity (Wildman–Crippen MR) is 74.5 cm³/mol. The van der Waals surface area contributed by atoms with Crippen molar-refractivity contribution in [1.82, 2.24) is 15.0 Å². The second-order valence-electron chi connectivity index (χ2n) is 4.61. The van der Waals surface area contributed by atoms with Crippen molar-refractivity contribution < 1.29 is 0 Å². The van der Waals surface area contributed by atoms with Crippen molar-refractivity contribution in [2.75, 3.05) is 6.54 Å². The van der Waals surface area contributed by atoms with Gasteiger partial charge >= 0.3 is 0 Å². The van der Waals surface area contributed by atoms with Gasteiger partial charge in [-0.3, -0.25) is 4.98 Å². The Balaban J connectivity index is 2.35. The lowest BCUT2D eigenvalue weighted by molar-refractivity contribution is 0.586. The lowest BCUT2D eigenvalue weighted by Gasteiger charge is -2.13. The van der Waals surface area contributed by atoms with Crippen LogP contribution in [0.5, 0.6) is 0 Å². The first-order valence-electron chi connectivity index (χ1n) is 6.04. The molecular weight excluding hydrogens is 244 g/mol. The van der Waals surface area contributed by atoms with Crippen molar-refractivity contribution in [3.63, 3.8) is 0 Å². The molecule has 0 radical (unpaired) electrons. The smallest absolute Gasteiger partial charge is 0.171 e. The molecule has 0 bridgehead atoms. The fraction of sp³-hybridized carbons (Fsp3) is 0.462. The molecule has 1 unspecified atom stereocenters. The Bertz CT molecular complexity index is 499. The van der Waals surface area contributed by atoms with E-state index in [4.69, 9.17) is 5.73 Å². The summed E-state index contributed by atoms with van der Waals surface area (Å²) in [5.74, 6) is 1.23. The molecule has 0 fully saturated rings. The van der Waals surface area contributed by atoms with Crippen LogP contribution in [0.3, 0.4) is 0 Å². The Labute approximate surface area is 111 Å². The van der Waals surface area contributed by atoms with Gasteiger partial charge in [0.1, 0.15) is 0 Å². The molecule has 2 heterocycles. The second-order valence-corrected chi connectivity index (χ2v) is 5.49. The van der Waals surface area contributed by atoms with E-state index >= 15 is 0 Å². The zero-order valence-electron chi connectivity index (χ0n) is 11.0. The molecule has 96 valence electrons. The van der Waals surface area contributed by atoms with Crippen molar-refractivity contribution >= 4 is 11.3 Å². The highest BCUT2D eigenvalue weighted by Crippen LogP contribution is 2.23. The zero-order valence-corrected chi connectivity index (χ0v) is 11.8. The van der Waals surface area contributed by atoms with Gasteiger partial charge in [-0.25, -0.2) is 9.97 Å². The van der Waals surface area contributed by atoms with Gasteiger partial charge < -0.3 is 5.73 Å². The molecule has 0 aliphatic carbocycles. The first-order valence-corrected chi connectivity index (χ1v) is 6.92. The van der Waals surface area contributed by atoms with Crippen LogP contribution >= 0.6 is 11.3 Å². The van der Waals surface area contributed by atoms with Crippen molar-refractivity contribution in [1.29, 1.82) is 0 Å². The number of hydrogen-bond donors (Lipinski definition) is 1. The number of rotatable bonds is 4. The minimum atomic E-state index is 0.459. The van der Waals surface area contributed by atoms with Gasteiger partial charge in [0.25, 0.3) is 0 Å². The van der Waals surface area contributed by atoms with Crippen molar-refractivity contribution in [3.05, 3.63) is 28.7 Å². The third-order valence-electron chi connectivity index (χ3n) is 3.03. The van der Waals surface area contributed by atoms with Gasteiger partial charge in [-0.05, 0) is 38.3 Å². The van der Waals surface area contributed by atoms with Gasteiger partial charge in [0.05, 0.1) is 10.4 Å². The topological polar surface area (TPSA) is 64.7 Å². The standard InChI is InChI=1S/C13H18N4S/c1-8(5-14)4-11-9(2)16-13(17-10(11)3)12-6-15-7-18-12/h6-8H,4-5,14H2,1-3H3. The van der Waals surface area contributed by atoms with E-state index in [1.165, 1.54) is 5.56 Å². The Hall–Kier alpha value is -1.33. The molecule has 0 amide bonds. The highest BCUT2D eigenvalue weighted by molar-refractivity contribution is 7.13. The largest absolute Gasteiger partial charge is 0.330 e. The molecule has 0 saturated carbocycles. The molecule has 2 N–H and O–H groups in total. The fourth-order valence-corrected chi connectivity index (χ4v) is 2.46. The SMILES string of the molecule is Cc1nc(-c2cncs2)nc(C)c1CC(C)CN. The van der Waals surface area contributed by atoms with Crippen LogP contribution in [0.2, 0.25) is 0 Å². The first kappa shape index (κ1) is 13.1. The second kappa shape index (κ2) is 5.54. The van der Waals surface area contributed by atoms with Gasteiger partial charge in [0.15, 0.2) is 5.82 Å². The van der Waals surface area contributed by atoms with Crippen LogP contribution in [-0.2, 0) is 6.42 Å². The normalized spacial score (nSPS) is 12.7. The van der Waals surface area contributed by atoms with Crippen LogP contribution in [-0.4, -0.2) is 21.5 Å². The molecule has 0 aromatic carbocycles. The minimum Gasteiger partial charge on any atom is -0.330 e. The van der Waals surface area contributed by atoms with Gasteiger partial charge in [-0.1, -0.05) is 6.92 Å². The summed E-state index contributed by atoms with van der Waals surface area (Å²) in [6.07, 6.45) is 2.75. The summed E-state index contributed by atoms with van der Waals surface area (Å²) >= 11 is 1.56. The first-order chi connectivity index (χ1) is 8.61. The average molecular weight is 262 g/mol. The molecule has 5 heteroatoms. The van der Waals surface area contributed by atoms with Crippen LogP contribution in [0.25, 0.3) is 10.7 Å². The number of hydrogen-bond acceptors (Lipinski definition) is 5. The predicted octanol–water partition coefficient (Wildman–Crippen LogP) is 2.35. The van der Waals surface area contributed by atoms with Gasteiger partial charge in [0, 0.05) is 17.6 Å². The Kier molecular flexibility index (Phi) is 4.04. The highest BCUT2D eigenvalue weighted by Gasteiger charge is 2.13. The average Bonchev–Trinajstić information content (AvgIpc) is 2.87. The summed E-state index contributed by atoms with van der Waals surface area (Å²) in [6.45, 7) is 6.92. The summed E-state index contributed by atoms with van der Waals surface area (Å²) in [5, 5.41) is 0. The number of thiazole rings is 1. The van der Waals surface area contributed by atoms with E-state index in [0.717, 1.165) is 28.5 Å². The molecule has 0 spiro atoms. The maximum absolute atomic E-state index is 5.68. The van der Waals surface area contributed by atoms with E-state index in [0.29, 0.717) is 12.5 Å². The maximum atomic E-state index is 5.68. The van der Waals surface area contributed by atoms with Crippen molar-refractivity contribution in [3.8, 4) is 10.7 Å². The van der Waals surface area contributed by atoms with E-state index in [1.54, 1.807) is 23.0 Å². The van der Waals surface area contributed by atoms with E-state index in [9.17, 15) is 0 Å². The van der Waals surface area contributed by atoms with E-state index < -0.39 is 0 Å². The Morgan fingerprint density at radius 2 is 1.94 bits per heavy atom. The van der Waals surface area contributed by atoms with E-state index in [2.05, 4.69) is 21.9 Å². The molecule has 0 saturated heterocycles. The van der Waals surface area contributed by atoms with Crippen LogP contribution in [0.15, 0.2) is 11.7 Å². The maximum Gasteiger partial charge on any atom is 0.171 e. The molecule has 0 aliphatic heterocycles. The van der Waals surface area contributed by atoms with Crippen molar-refractivity contribution in [2.24, 2.45) is 11.7 Å². The Morgan fingerprint density at radius 3 is 2.44 bits per heavy atom. The van der Waals surface area contributed by atoms with E-state index in [1.807, 2.05) is 13.8 Å². The molecule has 2 rings (SSSR count). The number of aryl methyl sites for hydroxylation is 2. The van der Waals surface area contributed by atoms with Crippen LogP contribution in [0.1, 0.15) is 23.9 Å². The number of nitrogens with two attached hydrogens (primary N) is 1. The van der Waals surface area contributed by atoms with E-state index in [-0.39, 0.29) is 0 Å².